The Balaban J connectivity index is 1.95. The molecular weight excluding hydrogens is 222 g/mol. The van der Waals surface area contributed by atoms with Crippen LogP contribution in [0.5, 0.6) is 0 Å². The predicted octanol–water partition coefficient (Wildman–Crippen LogP) is 3.32. The van der Waals surface area contributed by atoms with Crippen LogP contribution in [0, 0.1) is 5.92 Å². The highest BCUT2D eigenvalue weighted by Gasteiger charge is 2.36. The normalized spacial score (nSPS) is 30.1. The van der Waals surface area contributed by atoms with E-state index >= 15 is 0 Å². The lowest BCUT2D eigenvalue weighted by Gasteiger charge is -2.41. The summed E-state index contributed by atoms with van der Waals surface area (Å²) >= 11 is 0. The molecule has 18 heavy (non-hydrogen) atoms. The Morgan fingerprint density at radius 3 is 2.44 bits per heavy atom. The van der Waals surface area contributed by atoms with E-state index in [1.54, 1.807) is 7.11 Å². The van der Waals surface area contributed by atoms with E-state index in [-0.39, 0.29) is 5.54 Å². The Kier molecular flexibility index (Phi) is 4.41. The van der Waals surface area contributed by atoms with Gasteiger partial charge in [-0.05, 0) is 43.1 Å². The smallest absolute Gasteiger partial charge is 0.0505 e. The van der Waals surface area contributed by atoms with E-state index in [1.165, 1.54) is 18.4 Å². The molecule has 0 saturated heterocycles. The van der Waals surface area contributed by atoms with Crippen LogP contribution in [0.15, 0.2) is 30.3 Å². The first-order valence-corrected chi connectivity index (χ1v) is 6.98. The summed E-state index contributed by atoms with van der Waals surface area (Å²) in [5.41, 5.74) is 7.99. The molecule has 1 unspecified atom stereocenters. The van der Waals surface area contributed by atoms with Crippen molar-refractivity contribution in [2.45, 2.75) is 44.1 Å². The van der Waals surface area contributed by atoms with Crippen molar-refractivity contribution in [2.24, 2.45) is 11.7 Å². The summed E-state index contributed by atoms with van der Waals surface area (Å²) < 4.78 is 5.25. The first kappa shape index (κ1) is 13.6. The molecule has 0 radical (unpaired) electrons. The van der Waals surface area contributed by atoms with E-state index in [2.05, 4.69) is 37.3 Å². The molecule has 0 spiro atoms. The summed E-state index contributed by atoms with van der Waals surface area (Å²) in [5.74, 6) is 1.14. The lowest BCUT2D eigenvalue weighted by atomic mass is 9.69. The Morgan fingerprint density at radius 2 is 1.89 bits per heavy atom. The van der Waals surface area contributed by atoms with Crippen LogP contribution in [0.3, 0.4) is 0 Å². The van der Waals surface area contributed by atoms with Gasteiger partial charge in [-0.15, -0.1) is 0 Å². The number of hydrogen-bond donors (Lipinski definition) is 1. The van der Waals surface area contributed by atoms with Crippen LogP contribution in [0.1, 0.15) is 44.1 Å². The maximum absolute atomic E-state index is 6.55. The van der Waals surface area contributed by atoms with Crippen molar-refractivity contribution in [2.75, 3.05) is 13.7 Å². The third-order valence-electron chi connectivity index (χ3n) is 4.59. The third kappa shape index (κ3) is 2.93. The molecule has 0 amide bonds. The summed E-state index contributed by atoms with van der Waals surface area (Å²) in [6, 6.07) is 10.8. The Labute approximate surface area is 111 Å². The average Bonchev–Trinajstić information content (AvgIpc) is 2.41. The number of benzene rings is 1. The Hall–Kier alpha value is -0.860. The standard InChI is InChI=1S/C16H25NO/c1-13(12-18-2)16(17)10-8-15(9-11-16)14-6-4-3-5-7-14/h3-7,13,15H,8-12,17H2,1-2H3. The van der Waals surface area contributed by atoms with Gasteiger partial charge in [0.2, 0.25) is 0 Å². The van der Waals surface area contributed by atoms with Gasteiger partial charge in [0.25, 0.3) is 0 Å². The topological polar surface area (TPSA) is 35.2 Å². The summed E-state index contributed by atoms with van der Waals surface area (Å²) in [7, 11) is 1.76. The fourth-order valence-electron chi connectivity index (χ4n) is 3.12. The van der Waals surface area contributed by atoms with Crippen LogP contribution in [0.2, 0.25) is 0 Å². The van der Waals surface area contributed by atoms with E-state index in [9.17, 15) is 0 Å². The van der Waals surface area contributed by atoms with Gasteiger partial charge in [0.05, 0.1) is 6.61 Å². The maximum Gasteiger partial charge on any atom is 0.0505 e. The van der Waals surface area contributed by atoms with Crippen LogP contribution >= 0.6 is 0 Å². The molecule has 1 atom stereocenters. The molecule has 1 fully saturated rings. The summed E-state index contributed by atoms with van der Waals surface area (Å²) in [4.78, 5) is 0. The monoisotopic (exact) mass is 247 g/mol. The number of ether oxygens (including phenoxy) is 1. The molecule has 0 heterocycles. The molecule has 100 valence electrons. The van der Waals surface area contributed by atoms with E-state index in [0.717, 1.165) is 19.4 Å². The first-order valence-electron chi connectivity index (χ1n) is 6.98. The van der Waals surface area contributed by atoms with Gasteiger partial charge in [-0.2, -0.15) is 0 Å². The maximum atomic E-state index is 6.55. The van der Waals surface area contributed by atoms with Crippen molar-refractivity contribution >= 4 is 0 Å². The van der Waals surface area contributed by atoms with Crippen molar-refractivity contribution in [3.05, 3.63) is 35.9 Å². The minimum Gasteiger partial charge on any atom is -0.384 e. The highest BCUT2D eigenvalue weighted by atomic mass is 16.5. The van der Waals surface area contributed by atoms with E-state index in [4.69, 9.17) is 10.5 Å². The van der Waals surface area contributed by atoms with Crippen molar-refractivity contribution in [1.82, 2.24) is 0 Å². The zero-order valence-corrected chi connectivity index (χ0v) is 11.6. The van der Waals surface area contributed by atoms with Gasteiger partial charge in [-0.25, -0.2) is 0 Å². The lowest BCUT2D eigenvalue weighted by molar-refractivity contribution is 0.0918. The molecule has 1 saturated carbocycles. The van der Waals surface area contributed by atoms with Crippen LogP contribution < -0.4 is 5.73 Å². The number of rotatable bonds is 4. The number of methoxy groups -OCH3 is 1. The van der Waals surface area contributed by atoms with Crippen LogP contribution in [0.4, 0.5) is 0 Å². The fourth-order valence-corrected chi connectivity index (χ4v) is 3.12. The highest BCUT2D eigenvalue weighted by molar-refractivity contribution is 5.20. The van der Waals surface area contributed by atoms with Gasteiger partial charge >= 0.3 is 0 Å². The number of nitrogens with two attached hydrogens (primary N) is 1. The molecule has 2 nitrogen and oxygen atoms in total. The second-order valence-corrected chi connectivity index (χ2v) is 5.77. The zero-order valence-electron chi connectivity index (χ0n) is 11.6. The van der Waals surface area contributed by atoms with Crippen molar-refractivity contribution in [1.29, 1.82) is 0 Å². The molecule has 0 aliphatic heterocycles. The molecule has 2 N–H and O–H groups in total. The molecule has 1 aliphatic carbocycles. The summed E-state index contributed by atoms with van der Waals surface area (Å²) in [6.07, 6.45) is 4.62. The Bertz CT molecular complexity index is 355. The second kappa shape index (κ2) is 5.85. The molecule has 0 aromatic heterocycles. The van der Waals surface area contributed by atoms with Gasteiger partial charge < -0.3 is 10.5 Å². The lowest BCUT2D eigenvalue weighted by Crippen LogP contribution is -2.50. The van der Waals surface area contributed by atoms with Crippen molar-refractivity contribution in [3.8, 4) is 0 Å². The van der Waals surface area contributed by atoms with Gasteiger partial charge in [0.15, 0.2) is 0 Å². The SMILES string of the molecule is COCC(C)C1(N)CCC(c2ccccc2)CC1. The second-order valence-electron chi connectivity index (χ2n) is 5.77. The fraction of sp³-hybridized carbons (Fsp3) is 0.625. The molecular formula is C16H25NO. The molecule has 2 heteroatoms. The largest absolute Gasteiger partial charge is 0.384 e. The van der Waals surface area contributed by atoms with Gasteiger partial charge in [-0.1, -0.05) is 37.3 Å². The van der Waals surface area contributed by atoms with Crippen LogP contribution in [-0.4, -0.2) is 19.3 Å². The van der Waals surface area contributed by atoms with Gasteiger partial charge in [0.1, 0.15) is 0 Å². The first-order chi connectivity index (χ1) is 8.65. The van der Waals surface area contributed by atoms with Crippen LogP contribution in [-0.2, 0) is 4.74 Å². The predicted molar refractivity (Wildman–Crippen MR) is 75.6 cm³/mol. The Morgan fingerprint density at radius 1 is 1.28 bits per heavy atom. The molecule has 1 aliphatic rings. The third-order valence-corrected chi connectivity index (χ3v) is 4.59. The van der Waals surface area contributed by atoms with Crippen molar-refractivity contribution in [3.63, 3.8) is 0 Å². The molecule has 0 bridgehead atoms. The van der Waals surface area contributed by atoms with Crippen LogP contribution in [0.25, 0.3) is 0 Å². The quantitative estimate of drug-likeness (QED) is 0.885. The van der Waals surface area contributed by atoms with E-state index < -0.39 is 0 Å². The summed E-state index contributed by atoms with van der Waals surface area (Å²) in [6.45, 7) is 2.98. The molecule has 2 rings (SSSR count). The highest BCUT2D eigenvalue weighted by Crippen LogP contribution is 2.40. The van der Waals surface area contributed by atoms with Gasteiger partial charge in [-0.3, -0.25) is 0 Å². The minimum atomic E-state index is -0.0265. The molecule has 1 aromatic carbocycles. The average molecular weight is 247 g/mol. The number of hydrogen-bond acceptors (Lipinski definition) is 2. The molecule has 1 aromatic rings. The van der Waals surface area contributed by atoms with Crippen molar-refractivity contribution < 1.29 is 4.74 Å². The van der Waals surface area contributed by atoms with E-state index in [1.807, 2.05) is 0 Å². The van der Waals surface area contributed by atoms with Gasteiger partial charge in [0, 0.05) is 12.6 Å². The van der Waals surface area contributed by atoms with E-state index in [0.29, 0.717) is 11.8 Å². The summed E-state index contributed by atoms with van der Waals surface area (Å²) in [5, 5.41) is 0. The zero-order chi connectivity index (χ0) is 13.0. The minimum absolute atomic E-state index is 0.0265.